The third-order valence-electron chi connectivity index (χ3n) is 2.76. The molecule has 1 atom stereocenters. The summed E-state index contributed by atoms with van der Waals surface area (Å²) in [5, 5.41) is 0. The maximum absolute atomic E-state index is 10.9. The van der Waals surface area contributed by atoms with Gasteiger partial charge in [-0.05, 0) is 13.3 Å². The van der Waals surface area contributed by atoms with Crippen molar-refractivity contribution >= 4 is 5.97 Å². The lowest BCUT2D eigenvalue weighted by atomic mass is 10.2. The molecule has 1 aliphatic heterocycles. The first-order valence-corrected chi connectivity index (χ1v) is 5.71. The van der Waals surface area contributed by atoms with Crippen LogP contribution in [0.3, 0.4) is 0 Å². The molecule has 15 heavy (non-hydrogen) atoms. The highest BCUT2D eigenvalue weighted by molar-refractivity contribution is 5.68. The fourth-order valence-electron chi connectivity index (χ4n) is 1.65. The first-order chi connectivity index (χ1) is 7.24. The predicted molar refractivity (Wildman–Crippen MR) is 57.7 cm³/mol. The predicted octanol–water partition coefficient (Wildman–Crippen LogP) is 1.05. The Kier molecular flexibility index (Phi) is 5.65. The van der Waals surface area contributed by atoms with E-state index in [1.54, 1.807) is 0 Å². The van der Waals surface area contributed by atoms with E-state index in [-0.39, 0.29) is 5.97 Å². The number of hydrogen-bond acceptors (Lipinski definition) is 4. The summed E-state index contributed by atoms with van der Waals surface area (Å²) < 4.78 is 10.3. The average molecular weight is 215 g/mol. The molecule has 0 bridgehead atoms. The number of esters is 1. The van der Waals surface area contributed by atoms with Crippen LogP contribution in [0.15, 0.2) is 0 Å². The molecule has 88 valence electrons. The van der Waals surface area contributed by atoms with E-state index in [4.69, 9.17) is 9.47 Å². The van der Waals surface area contributed by atoms with Crippen molar-refractivity contribution in [2.45, 2.75) is 32.7 Å². The summed E-state index contributed by atoms with van der Waals surface area (Å²) in [5.74, 6) is -0.107. The van der Waals surface area contributed by atoms with Crippen LogP contribution in [0, 0.1) is 0 Å². The number of morpholine rings is 1. The molecule has 1 aliphatic rings. The van der Waals surface area contributed by atoms with Crippen LogP contribution in [-0.4, -0.2) is 49.8 Å². The highest BCUT2D eigenvalue weighted by Gasteiger charge is 2.16. The highest BCUT2D eigenvalue weighted by atomic mass is 16.5. The van der Waals surface area contributed by atoms with Gasteiger partial charge in [0.1, 0.15) is 0 Å². The maximum atomic E-state index is 10.9. The second-order valence-corrected chi connectivity index (χ2v) is 3.86. The molecule has 1 fully saturated rings. The van der Waals surface area contributed by atoms with E-state index in [2.05, 4.69) is 11.8 Å². The summed E-state index contributed by atoms with van der Waals surface area (Å²) in [7, 11) is 0. The quantitative estimate of drug-likeness (QED) is 0.643. The van der Waals surface area contributed by atoms with E-state index in [1.807, 2.05) is 6.92 Å². The van der Waals surface area contributed by atoms with Crippen molar-refractivity contribution in [2.24, 2.45) is 0 Å². The van der Waals surface area contributed by atoms with Crippen molar-refractivity contribution in [2.75, 3.05) is 32.9 Å². The van der Waals surface area contributed by atoms with E-state index < -0.39 is 0 Å². The number of nitrogens with zero attached hydrogens (tertiary/aromatic N) is 1. The normalized spacial score (nSPS) is 19.9. The lowest BCUT2D eigenvalue weighted by molar-refractivity contribution is -0.143. The summed E-state index contributed by atoms with van der Waals surface area (Å²) in [6.45, 7) is 8.13. The molecule has 0 aromatic rings. The summed E-state index contributed by atoms with van der Waals surface area (Å²) in [6, 6.07) is 0.471. The maximum Gasteiger partial charge on any atom is 0.305 e. The van der Waals surface area contributed by atoms with E-state index in [9.17, 15) is 4.79 Å². The Bertz CT molecular complexity index is 190. The van der Waals surface area contributed by atoms with Gasteiger partial charge in [-0.25, -0.2) is 0 Å². The summed E-state index contributed by atoms with van der Waals surface area (Å²) >= 11 is 0. The van der Waals surface area contributed by atoms with Gasteiger partial charge in [-0.2, -0.15) is 0 Å². The van der Waals surface area contributed by atoms with Crippen molar-refractivity contribution < 1.29 is 14.3 Å². The molecule has 0 spiro atoms. The van der Waals surface area contributed by atoms with Gasteiger partial charge in [-0.3, -0.25) is 9.69 Å². The number of carbonyl (C=O) groups is 1. The Morgan fingerprint density at radius 3 is 2.73 bits per heavy atom. The largest absolute Gasteiger partial charge is 0.466 e. The van der Waals surface area contributed by atoms with Crippen LogP contribution in [0.25, 0.3) is 0 Å². The molecule has 1 rings (SSSR count). The molecule has 0 amide bonds. The van der Waals surface area contributed by atoms with E-state index in [0.29, 0.717) is 19.1 Å². The Hall–Kier alpha value is -0.610. The van der Waals surface area contributed by atoms with Gasteiger partial charge in [0.25, 0.3) is 0 Å². The summed E-state index contributed by atoms with van der Waals surface area (Å²) in [6.07, 6.45) is 1.37. The van der Waals surface area contributed by atoms with Crippen LogP contribution in [0.5, 0.6) is 0 Å². The van der Waals surface area contributed by atoms with Crippen LogP contribution in [0.1, 0.15) is 26.7 Å². The zero-order valence-electron chi connectivity index (χ0n) is 9.70. The molecular weight excluding hydrogens is 194 g/mol. The van der Waals surface area contributed by atoms with Gasteiger partial charge in [0.15, 0.2) is 0 Å². The van der Waals surface area contributed by atoms with Crippen LogP contribution < -0.4 is 0 Å². The molecule has 0 N–H and O–H groups in total. The van der Waals surface area contributed by atoms with Crippen LogP contribution in [0.2, 0.25) is 0 Å². The zero-order valence-corrected chi connectivity index (χ0v) is 9.70. The minimum absolute atomic E-state index is 0.107. The van der Waals surface area contributed by atoms with E-state index in [1.165, 1.54) is 0 Å². The van der Waals surface area contributed by atoms with Gasteiger partial charge in [-0.15, -0.1) is 0 Å². The van der Waals surface area contributed by atoms with Crippen molar-refractivity contribution in [3.63, 3.8) is 0 Å². The number of ether oxygens (including phenoxy) is 2. The van der Waals surface area contributed by atoms with Gasteiger partial charge in [0.05, 0.1) is 19.8 Å². The zero-order chi connectivity index (χ0) is 11.1. The molecule has 4 heteroatoms. The average Bonchev–Trinajstić information content (AvgIpc) is 2.29. The summed E-state index contributed by atoms with van der Waals surface area (Å²) in [5.41, 5.74) is 0. The van der Waals surface area contributed by atoms with Gasteiger partial charge < -0.3 is 9.47 Å². The van der Waals surface area contributed by atoms with E-state index in [0.717, 1.165) is 32.7 Å². The van der Waals surface area contributed by atoms with Crippen molar-refractivity contribution in [1.29, 1.82) is 0 Å². The lowest BCUT2D eigenvalue weighted by Crippen LogP contribution is -2.42. The molecular formula is C11H21NO3. The first kappa shape index (κ1) is 12.5. The third-order valence-corrected chi connectivity index (χ3v) is 2.76. The SMILES string of the molecule is CCC(=O)OCCC(C)N1CCOCC1. The van der Waals surface area contributed by atoms with Crippen LogP contribution in [0.4, 0.5) is 0 Å². The van der Waals surface area contributed by atoms with Crippen molar-refractivity contribution in [3.8, 4) is 0 Å². The number of hydrogen-bond donors (Lipinski definition) is 0. The molecule has 1 saturated heterocycles. The molecule has 0 saturated carbocycles. The van der Waals surface area contributed by atoms with Gasteiger partial charge in [-0.1, -0.05) is 6.92 Å². The Morgan fingerprint density at radius 2 is 2.13 bits per heavy atom. The first-order valence-electron chi connectivity index (χ1n) is 5.71. The van der Waals surface area contributed by atoms with Gasteiger partial charge in [0.2, 0.25) is 0 Å². The summed E-state index contributed by atoms with van der Waals surface area (Å²) in [4.78, 5) is 13.3. The minimum atomic E-state index is -0.107. The molecule has 4 nitrogen and oxygen atoms in total. The second-order valence-electron chi connectivity index (χ2n) is 3.86. The van der Waals surface area contributed by atoms with Crippen LogP contribution in [-0.2, 0) is 14.3 Å². The van der Waals surface area contributed by atoms with Crippen LogP contribution >= 0.6 is 0 Å². The fourth-order valence-corrected chi connectivity index (χ4v) is 1.65. The van der Waals surface area contributed by atoms with Crippen molar-refractivity contribution in [1.82, 2.24) is 4.90 Å². The highest BCUT2D eigenvalue weighted by Crippen LogP contribution is 2.07. The molecule has 1 unspecified atom stereocenters. The third kappa shape index (κ3) is 4.62. The lowest BCUT2D eigenvalue weighted by Gasteiger charge is -2.32. The van der Waals surface area contributed by atoms with Crippen molar-refractivity contribution in [3.05, 3.63) is 0 Å². The topological polar surface area (TPSA) is 38.8 Å². The van der Waals surface area contributed by atoms with Gasteiger partial charge in [0, 0.05) is 25.6 Å². The Balaban J connectivity index is 2.11. The molecule has 0 radical (unpaired) electrons. The molecule has 0 aromatic carbocycles. The molecule has 0 aromatic heterocycles. The smallest absolute Gasteiger partial charge is 0.305 e. The minimum Gasteiger partial charge on any atom is -0.466 e. The second kappa shape index (κ2) is 6.80. The fraction of sp³-hybridized carbons (Fsp3) is 0.909. The van der Waals surface area contributed by atoms with E-state index >= 15 is 0 Å². The monoisotopic (exact) mass is 215 g/mol. The number of carbonyl (C=O) groups excluding carboxylic acids is 1. The molecule has 0 aliphatic carbocycles. The molecule has 1 heterocycles. The number of rotatable bonds is 5. The Labute approximate surface area is 91.5 Å². The van der Waals surface area contributed by atoms with Gasteiger partial charge >= 0.3 is 5.97 Å². The standard InChI is InChI=1S/C11H21NO3/c1-3-11(13)15-7-4-10(2)12-5-8-14-9-6-12/h10H,3-9H2,1-2H3. The Morgan fingerprint density at radius 1 is 1.47 bits per heavy atom.